The summed E-state index contributed by atoms with van der Waals surface area (Å²) in [6.07, 6.45) is 1.49. The van der Waals surface area contributed by atoms with E-state index in [1.54, 1.807) is 0 Å². The lowest BCUT2D eigenvalue weighted by molar-refractivity contribution is 0.197. The van der Waals surface area contributed by atoms with Gasteiger partial charge >= 0.3 is 0 Å². The minimum atomic E-state index is -0.906. The molecule has 1 aromatic carbocycles. The molecule has 1 saturated heterocycles. The second-order valence-corrected chi connectivity index (χ2v) is 4.25. The van der Waals surface area contributed by atoms with E-state index >= 15 is 0 Å². The van der Waals surface area contributed by atoms with Gasteiger partial charge in [0.1, 0.15) is 17.5 Å². The number of hydrogen-bond acceptors (Lipinski definition) is 2. The molecule has 0 saturated carbocycles. The molecule has 0 aromatic heterocycles. The SMILES string of the molecule is C=C[C@H](c1c(F)cc(F)cc1F)N1CCNCC1. The van der Waals surface area contributed by atoms with Crippen LogP contribution in [0.5, 0.6) is 0 Å². The van der Waals surface area contributed by atoms with Crippen LogP contribution in [-0.2, 0) is 0 Å². The molecular formula is C13H15F3N2. The molecule has 1 aliphatic heterocycles. The van der Waals surface area contributed by atoms with E-state index in [1.165, 1.54) is 6.08 Å². The van der Waals surface area contributed by atoms with Crippen LogP contribution in [0, 0.1) is 17.5 Å². The Morgan fingerprint density at radius 3 is 2.22 bits per heavy atom. The summed E-state index contributed by atoms with van der Waals surface area (Å²) in [7, 11) is 0. The highest BCUT2D eigenvalue weighted by Crippen LogP contribution is 2.28. The molecule has 2 nitrogen and oxygen atoms in total. The smallest absolute Gasteiger partial charge is 0.134 e. The molecule has 0 amide bonds. The van der Waals surface area contributed by atoms with Gasteiger partial charge in [0.05, 0.1) is 6.04 Å². The second-order valence-electron chi connectivity index (χ2n) is 4.25. The summed E-state index contributed by atoms with van der Waals surface area (Å²) in [6.45, 7) is 6.49. The summed E-state index contributed by atoms with van der Waals surface area (Å²) in [5.74, 6) is -2.64. The van der Waals surface area contributed by atoms with Gasteiger partial charge in [0.25, 0.3) is 0 Å². The van der Waals surface area contributed by atoms with Crippen molar-refractivity contribution in [2.45, 2.75) is 6.04 Å². The fourth-order valence-corrected chi connectivity index (χ4v) is 2.25. The van der Waals surface area contributed by atoms with Gasteiger partial charge in [-0.1, -0.05) is 6.08 Å². The summed E-state index contributed by atoms with van der Waals surface area (Å²) >= 11 is 0. The van der Waals surface area contributed by atoms with Gasteiger partial charge < -0.3 is 5.32 Å². The largest absolute Gasteiger partial charge is 0.314 e. The Bertz CT molecular complexity index is 419. The molecule has 1 fully saturated rings. The van der Waals surface area contributed by atoms with Crippen LogP contribution < -0.4 is 5.32 Å². The zero-order valence-corrected chi connectivity index (χ0v) is 9.93. The standard InChI is InChI=1S/C13H15F3N2/c1-2-12(18-5-3-17-4-6-18)13-10(15)7-9(14)8-11(13)16/h2,7-8,12,17H,1,3-6H2/t12-/m1/s1. The van der Waals surface area contributed by atoms with Gasteiger partial charge in [-0.25, -0.2) is 13.2 Å². The third-order valence-corrected chi connectivity index (χ3v) is 3.11. The molecule has 98 valence electrons. The highest BCUT2D eigenvalue weighted by molar-refractivity contribution is 5.27. The Hall–Kier alpha value is -1.33. The van der Waals surface area contributed by atoms with Gasteiger partial charge in [0, 0.05) is 43.9 Å². The van der Waals surface area contributed by atoms with Crippen molar-refractivity contribution in [3.63, 3.8) is 0 Å². The Labute approximate surface area is 104 Å². The van der Waals surface area contributed by atoms with E-state index in [0.29, 0.717) is 25.2 Å². The molecule has 18 heavy (non-hydrogen) atoms. The maximum absolute atomic E-state index is 13.7. The van der Waals surface area contributed by atoms with E-state index in [0.717, 1.165) is 13.1 Å². The number of nitrogens with zero attached hydrogens (tertiary/aromatic N) is 1. The van der Waals surface area contributed by atoms with Crippen molar-refractivity contribution >= 4 is 0 Å². The molecule has 1 aromatic rings. The van der Waals surface area contributed by atoms with Gasteiger partial charge in [0.2, 0.25) is 0 Å². The Morgan fingerprint density at radius 2 is 1.72 bits per heavy atom. The minimum Gasteiger partial charge on any atom is -0.314 e. The first kappa shape index (κ1) is 13.1. The molecule has 2 rings (SSSR count). The van der Waals surface area contributed by atoms with Crippen molar-refractivity contribution in [1.29, 1.82) is 0 Å². The highest BCUT2D eigenvalue weighted by Gasteiger charge is 2.25. The zero-order valence-electron chi connectivity index (χ0n) is 9.93. The van der Waals surface area contributed by atoms with Crippen LogP contribution in [0.4, 0.5) is 13.2 Å². The third-order valence-electron chi connectivity index (χ3n) is 3.11. The lowest BCUT2D eigenvalue weighted by Gasteiger charge is -2.33. The van der Waals surface area contributed by atoms with Gasteiger partial charge in [0.15, 0.2) is 0 Å². The van der Waals surface area contributed by atoms with Crippen molar-refractivity contribution in [1.82, 2.24) is 10.2 Å². The summed E-state index contributed by atoms with van der Waals surface area (Å²) < 4.78 is 40.4. The van der Waals surface area contributed by atoms with Crippen LogP contribution in [0.15, 0.2) is 24.8 Å². The topological polar surface area (TPSA) is 15.3 Å². The second kappa shape index (κ2) is 5.54. The van der Waals surface area contributed by atoms with Gasteiger partial charge in [-0.3, -0.25) is 4.90 Å². The molecule has 0 unspecified atom stereocenters. The van der Waals surface area contributed by atoms with Crippen molar-refractivity contribution in [3.8, 4) is 0 Å². The number of halogens is 3. The van der Waals surface area contributed by atoms with Gasteiger partial charge in [-0.2, -0.15) is 0 Å². The summed E-state index contributed by atoms with van der Waals surface area (Å²) in [5, 5.41) is 3.16. The van der Waals surface area contributed by atoms with E-state index in [2.05, 4.69) is 11.9 Å². The number of hydrogen-bond donors (Lipinski definition) is 1. The van der Waals surface area contributed by atoms with E-state index in [-0.39, 0.29) is 5.56 Å². The van der Waals surface area contributed by atoms with Crippen molar-refractivity contribution < 1.29 is 13.2 Å². The normalized spacial score (nSPS) is 18.6. The molecule has 0 radical (unpaired) electrons. The molecular weight excluding hydrogens is 241 g/mol. The first-order valence-corrected chi connectivity index (χ1v) is 5.85. The Balaban J connectivity index is 2.35. The predicted molar refractivity (Wildman–Crippen MR) is 63.7 cm³/mol. The first-order chi connectivity index (χ1) is 8.63. The minimum absolute atomic E-state index is 0.131. The van der Waals surface area contributed by atoms with E-state index < -0.39 is 23.5 Å². The quantitative estimate of drug-likeness (QED) is 0.834. The molecule has 1 atom stereocenters. The maximum atomic E-state index is 13.7. The predicted octanol–water partition coefficient (Wildman–Crippen LogP) is 2.24. The Morgan fingerprint density at radius 1 is 1.17 bits per heavy atom. The highest BCUT2D eigenvalue weighted by atomic mass is 19.1. The number of rotatable bonds is 3. The van der Waals surface area contributed by atoms with Crippen LogP contribution in [0.3, 0.4) is 0 Å². The van der Waals surface area contributed by atoms with E-state index in [9.17, 15) is 13.2 Å². The fraction of sp³-hybridized carbons (Fsp3) is 0.385. The van der Waals surface area contributed by atoms with Crippen LogP contribution in [-0.4, -0.2) is 31.1 Å². The van der Waals surface area contributed by atoms with Crippen LogP contribution in [0.2, 0.25) is 0 Å². The van der Waals surface area contributed by atoms with Gasteiger partial charge in [-0.15, -0.1) is 6.58 Å². The van der Waals surface area contributed by atoms with Crippen molar-refractivity contribution in [3.05, 3.63) is 47.8 Å². The van der Waals surface area contributed by atoms with Crippen molar-refractivity contribution in [2.24, 2.45) is 0 Å². The molecule has 5 heteroatoms. The number of nitrogens with one attached hydrogen (secondary N) is 1. The fourth-order valence-electron chi connectivity index (χ4n) is 2.25. The molecule has 1 N–H and O–H groups in total. The lowest BCUT2D eigenvalue weighted by atomic mass is 10.0. The van der Waals surface area contributed by atoms with E-state index in [4.69, 9.17) is 0 Å². The Kier molecular flexibility index (Phi) is 4.04. The van der Waals surface area contributed by atoms with Crippen LogP contribution >= 0.6 is 0 Å². The summed E-state index contributed by atoms with van der Waals surface area (Å²) in [5.41, 5.74) is -0.131. The molecule has 0 spiro atoms. The molecule has 0 aliphatic carbocycles. The summed E-state index contributed by atoms with van der Waals surface area (Å²) in [4.78, 5) is 1.92. The summed E-state index contributed by atoms with van der Waals surface area (Å²) in [6, 6.07) is 0.849. The third kappa shape index (κ3) is 2.57. The average Bonchev–Trinajstić information content (AvgIpc) is 2.34. The van der Waals surface area contributed by atoms with Gasteiger partial charge in [-0.05, 0) is 0 Å². The first-order valence-electron chi connectivity index (χ1n) is 5.85. The number of benzene rings is 1. The van der Waals surface area contributed by atoms with Crippen LogP contribution in [0.1, 0.15) is 11.6 Å². The molecule has 1 aliphatic rings. The zero-order chi connectivity index (χ0) is 13.1. The van der Waals surface area contributed by atoms with E-state index in [1.807, 2.05) is 4.90 Å². The lowest BCUT2D eigenvalue weighted by Crippen LogP contribution is -2.45. The van der Waals surface area contributed by atoms with Crippen LogP contribution in [0.25, 0.3) is 0 Å². The maximum Gasteiger partial charge on any atom is 0.134 e. The molecule has 1 heterocycles. The molecule has 0 bridgehead atoms. The van der Waals surface area contributed by atoms with Crippen molar-refractivity contribution in [2.75, 3.05) is 26.2 Å². The number of piperazine rings is 1. The monoisotopic (exact) mass is 256 g/mol. The average molecular weight is 256 g/mol.